The van der Waals surface area contributed by atoms with Gasteiger partial charge in [0.25, 0.3) is 5.91 Å². The minimum absolute atomic E-state index is 0.201. The quantitative estimate of drug-likeness (QED) is 0.539. The molecule has 3 aromatic rings. The molecule has 0 unspecified atom stereocenters. The highest BCUT2D eigenvalue weighted by Gasteiger charge is 2.29. The number of carbonyl (C=O) groups excluding carboxylic acids is 2. The van der Waals surface area contributed by atoms with E-state index >= 15 is 0 Å². The van der Waals surface area contributed by atoms with E-state index in [1.54, 1.807) is 41.3 Å². The van der Waals surface area contributed by atoms with Gasteiger partial charge in [-0.25, -0.2) is 4.39 Å². The molecule has 1 aliphatic rings. The molecule has 0 saturated heterocycles. The largest absolute Gasteiger partial charge is 0.346 e. The summed E-state index contributed by atoms with van der Waals surface area (Å²) in [7, 11) is 0. The molecule has 1 heterocycles. The van der Waals surface area contributed by atoms with Crippen LogP contribution >= 0.6 is 23.4 Å². The lowest BCUT2D eigenvalue weighted by molar-refractivity contribution is -0.119. The number of nitrogens with two attached hydrogens (primary N) is 1. The van der Waals surface area contributed by atoms with Gasteiger partial charge in [0.05, 0.1) is 24.3 Å². The first-order valence-electron chi connectivity index (χ1n) is 10.5. The van der Waals surface area contributed by atoms with E-state index in [1.165, 1.54) is 23.9 Å². The van der Waals surface area contributed by atoms with Crippen molar-refractivity contribution in [1.82, 2.24) is 5.32 Å². The van der Waals surface area contributed by atoms with Gasteiger partial charge in [-0.2, -0.15) is 0 Å². The van der Waals surface area contributed by atoms with Crippen LogP contribution in [0.4, 0.5) is 10.1 Å². The maximum Gasteiger partial charge on any atom is 0.251 e. The number of hydrogen-bond acceptors (Lipinski definition) is 4. The summed E-state index contributed by atoms with van der Waals surface area (Å²) in [6, 6.07) is 17.6. The Morgan fingerprint density at radius 2 is 1.88 bits per heavy atom. The van der Waals surface area contributed by atoms with Crippen LogP contribution in [0, 0.1) is 5.82 Å². The van der Waals surface area contributed by atoms with E-state index in [-0.39, 0.29) is 23.7 Å². The Morgan fingerprint density at radius 3 is 2.58 bits per heavy atom. The predicted molar refractivity (Wildman–Crippen MR) is 130 cm³/mol. The molecule has 5 nitrogen and oxygen atoms in total. The minimum atomic E-state index is -0.648. The number of hydrogen-bond donors (Lipinski definition) is 2. The van der Waals surface area contributed by atoms with Crippen LogP contribution in [-0.4, -0.2) is 23.6 Å². The average Bonchev–Trinajstić information content (AvgIpc) is 2.92. The Morgan fingerprint density at radius 1 is 1.18 bits per heavy atom. The van der Waals surface area contributed by atoms with Gasteiger partial charge in [0, 0.05) is 21.2 Å². The Labute approximate surface area is 201 Å². The molecule has 33 heavy (non-hydrogen) atoms. The zero-order valence-electron chi connectivity index (χ0n) is 17.9. The van der Waals surface area contributed by atoms with Crippen molar-refractivity contribution >= 4 is 40.9 Å². The number of nitrogens with one attached hydrogen (secondary N) is 1. The Balaban J connectivity index is 1.61. The van der Waals surface area contributed by atoms with Crippen molar-refractivity contribution in [3.63, 3.8) is 0 Å². The van der Waals surface area contributed by atoms with E-state index in [2.05, 4.69) is 5.32 Å². The van der Waals surface area contributed by atoms with Crippen molar-refractivity contribution in [2.75, 3.05) is 10.7 Å². The second kappa shape index (κ2) is 9.95. The lowest BCUT2D eigenvalue weighted by atomic mass is 10.1. The Bertz CT molecular complexity index is 1170. The molecule has 0 spiro atoms. The van der Waals surface area contributed by atoms with Crippen molar-refractivity contribution in [3.8, 4) is 0 Å². The summed E-state index contributed by atoms with van der Waals surface area (Å²) < 4.78 is 13.2. The van der Waals surface area contributed by atoms with Crippen LogP contribution in [0.5, 0.6) is 0 Å². The number of fused-ring (bicyclic) bond motifs is 1. The molecule has 1 aliphatic heterocycles. The summed E-state index contributed by atoms with van der Waals surface area (Å²) in [6.07, 6.45) is 0. The zero-order valence-corrected chi connectivity index (χ0v) is 19.5. The maximum atomic E-state index is 13.2. The molecule has 3 N–H and O–H groups in total. The second-order valence-electron chi connectivity index (χ2n) is 7.90. The first-order valence-corrected chi connectivity index (χ1v) is 11.8. The average molecular weight is 484 g/mol. The summed E-state index contributed by atoms with van der Waals surface area (Å²) in [6.45, 7) is 2.15. The molecule has 0 bridgehead atoms. The van der Waals surface area contributed by atoms with Crippen LogP contribution in [-0.2, 0) is 11.3 Å². The molecule has 0 aliphatic carbocycles. The molecule has 0 fully saturated rings. The number of thioether (sulfide) groups is 1. The highest BCUT2D eigenvalue weighted by Crippen LogP contribution is 2.36. The number of nitrogens with zero attached hydrogens (tertiary/aromatic N) is 1. The predicted octanol–water partition coefficient (Wildman–Crippen LogP) is 4.94. The first kappa shape index (κ1) is 23.3. The van der Waals surface area contributed by atoms with Crippen molar-refractivity contribution in [3.05, 3.63) is 94.3 Å². The van der Waals surface area contributed by atoms with Gasteiger partial charge in [0.1, 0.15) is 5.82 Å². The van der Waals surface area contributed by atoms with E-state index in [9.17, 15) is 14.0 Å². The van der Waals surface area contributed by atoms with Crippen LogP contribution in [0.2, 0.25) is 5.02 Å². The van der Waals surface area contributed by atoms with E-state index in [0.29, 0.717) is 28.6 Å². The SMILES string of the molecule is C[C@@H](NC(=O)c1ccc2c(c1)N(Cc1ccc(Cl)cc1)C(=O)[C@@H](N)CS2)c1ccc(F)cc1. The number of carbonyl (C=O) groups is 2. The summed E-state index contributed by atoms with van der Waals surface area (Å²) in [5, 5.41) is 3.55. The second-order valence-corrected chi connectivity index (χ2v) is 9.40. The number of halogens is 2. The number of benzene rings is 3. The molecule has 2 amide bonds. The van der Waals surface area contributed by atoms with Gasteiger partial charge < -0.3 is 16.0 Å². The maximum absolute atomic E-state index is 13.2. The summed E-state index contributed by atoms with van der Waals surface area (Å²) in [5.41, 5.74) is 8.89. The smallest absolute Gasteiger partial charge is 0.251 e. The van der Waals surface area contributed by atoms with E-state index < -0.39 is 6.04 Å². The van der Waals surface area contributed by atoms with Crippen molar-refractivity contribution in [1.29, 1.82) is 0 Å². The molecular formula is C25H23ClFN3O2S. The normalized spacial score (nSPS) is 16.7. The van der Waals surface area contributed by atoms with E-state index in [4.69, 9.17) is 17.3 Å². The Hall–Kier alpha value is -2.87. The van der Waals surface area contributed by atoms with Gasteiger partial charge in [-0.3, -0.25) is 9.59 Å². The van der Waals surface area contributed by atoms with Gasteiger partial charge in [0.2, 0.25) is 5.91 Å². The molecule has 0 radical (unpaired) electrons. The fourth-order valence-electron chi connectivity index (χ4n) is 3.61. The van der Waals surface area contributed by atoms with Crippen LogP contribution in [0.3, 0.4) is 0 Å². The standard InChI is InChI=1S/C25H23ClFN3O2S/c1-15(17-4-9-20(27)10-5-17)29-24(31)18-6-11-23-22(12-18)30(25(32)21(28)14-33-23)13-16-2-7-19(26)8-3-16/h2-12,15,21H,13-14,28H2,1H3,(H,29,31)/t15-,21+/m1/s1. The van der Waals surface area contributed by atoms with Crippen molar-refractivity contribution < 1.29 is 14.0 Å². The molecule has 3 aromatic carbocycles. The van der Waals surface area contributed by atoms with Crippen LogP contribution in [0.15, 0.2) is 71.6 Å². The molecule has 0 aromatic heterocycles. The van der Waals surface area contributed by atoms with Crippen molar-refractivity contribution in [2.24, 2.45) is 5.73 Å². The topological polar surface area (TPSA) is 75.4 Å². The van der Waals surface area contributed by atoms with Gasteiger partial charge in [-0.15, -0.1) is 11.8 Å². The third kappa shape index (κ3) is 5.38. The third-order valence-electron chi connectivity index (χ3n) is 5.49. The third-order valence-corrected chi connectivity index (χ3v) is 6.92. The van der Waals surface area contributed by atoms with Crippen molar-refractivity contribution in [2.45, 2.75) is 30.4 Å². The minimum Gasteiger partial charge on any atom is -0.346 e. The molecule has 0 saturated carbocycles. The monoisotopic (exact) mass is 483 g/mol. The zero-order chi connectivity index (χ0) is 23.5. The highest BCUT2D eigenvalue weighted by atomic mass is 35.5. The first-order chi connectivity index (χ1) is 15.8. The van der Waals surface area contributed by atoms with Gasteiger partial charge in [-0.05, 0) is 60.5 Å². The molecule has 2 atom stereocenters. The number of anilines is 1. The van der Waals surface area contributed by atoms with Crippen LogP contribution < -0.4 is 16.0 Å². The molecular weight excluding hydrogens is 461 g/mol. The van der Waals surface area contributed by atoms with E-state index in [1.807, 2.05) is 25.1 Å². The van der Waals surface area contributed by atoms with Gasteiger partial charge in [0.15, 0.2) is 0 Å². The van der Waals surface area contributed by atoms with E-state index in [0.717, 1.165) is 16.0 Å². The number of rotatable bonds is 5. The molecule has 4 rings (SSSR count). The number of amides is 2. The fraction of sp³-hybridized carbons (Fsp3) is 0.200. The Kier molecular flexibility index (Phi) is 7.02. The van der Waals surface area contributed by atoms with Gasteiger partial charge >= 0.3 is 0 Å². The fourth-order valence-corrected chi connectivity index (χ4v) is 4.72. The lowest BCUT2D eigenvalue weighted by Crippen LogP contribution is -2.44. The summed E-state index contributed by atoms with van der Waals surface area (Å²) >= 11 is 7.49. The molecule has 8 heteroatoms. The van der Waals surface area contributed by atoms with Crippen LogP contribution in [0.1, 0.15) is 34.5 Å². The summed E-state index contributed by atoms with van der Waals surface area (Å²) in [5.74, 6) is -0.361. The lowest BCUT2D eigenvalue weighted by Gasteiger charge is -2.25. The summed E-state index contributed by atoms with van der Waals surface area (Å²) in [4.78, 5) is 28.6. The van der Waals surface area contributed by atoms with Gasteiger partial charge in [-0.1, -0.05) is 35.9 Å². The molecule has 170 valence electrons. The highest BCUT2D eigenvalue weighted by molar-refractivity contribution is 7.99. The van der Waals surface area contributed by atoms with Crippen LogP contribution in [0.25, 0.3) is 0 Å².